The number of H-pyrrole nitrogens is 2. The quantitative estimate of drug-likeness (QED) is 0.130. The van der Waals surface area contributed by atoms with Crippen molar-refractivity contribution in [3.8, 4) is 0 Å². The molecule has 2 saturated heterocycles. The molecule has 1 unspecified atom stereocenters. The van der Waals surface area contributed by atoms with E-state index in [1.165, 1.54) is 0 Å². The number of aliphatic carboxylic acids is 1. The third-order valence-electron chi connectivity index (χ3n) is 6.30. The zero-order valence-corrected chi connectivity index (χ0v) is 21.1. The fourth-order valence-electron chi connectivity index (χ4n) is 4.48. The van der Waals surface area contributed by atoms with Crippen molar-refractivity contribution < 1.29 is 53.2 Å². The van der Waals surface area contributed by atoms with Crippen molar-refractivity contribution in [3.05, 3.63) is 66.2 Å². The van der Waals surface area contributed by atoms with E-state index in [0.717, 1.165) is 33.7 Å². The number of nitrogens with zero attached hydrogens (tertiary/aromatic N) is 2. The molecule has 0 spiro atoms. The lowest BCUT2D eigenvalue weighted by Crippen LogP contribution is -2.37. The predicted octanol–water partition coefficient (Wildman–Crippen LogP) is -3.81. The van der Waals surface area contributed by atoms with Crippen molar-refractivity contribution in [2.45, 2.75) is 49.4 Å². The highest BCUT2D eigenvalue weighted by Crippen LogP contribution is 2.51. The van der Waals surface area contributed by atoms with Gasteiger partial charge in [-0.25, -0.2) is 14.2 Å². The minimum absolute atomic E-state index is 0.724. The molecule has 0 saturated carbocycles. The topological polar surface area (TPSA) is 282 Å². The van der Waals surface area contributed by atoms with Crippen LogP contribution in [0.1, 0.15) is 18.9 Å². The monoisotopic (exact) mass is 592 g/mol. The van der Waals surface area contributed by atoms with Crippen LogP contribution in [-0.4, -0.2) is 94.1 Å². The second-order valence-corrected chi connectivity index (χ2v) is 10.3. The number of aromatic amines is 2. The lowest BCUT2D eigenvalue weighted by atomic mass is 9.96. The second kappa shape index (κ2) is 11.7. The number of aromatic nitrogens is 4. The first-order valence-electron chi connectivity index (χ1n) is 11.6. The lowest BCUT2D eigenvalue weighted by Gasteiger charge is -2.25. The van der Waals surface area contributed by atoms with Crippen LogP contribution >= 0.6 is 7.82 Å². The molecule has 40 heavy (non-hydrogen) atoms. The molecule has 2 aliphatic heterocycles. The molecule has 19 nitrogen and oxygen atoms in total. The van der Waals surface area contributed by atoms with Crippen LogP contribution in [0.3, 0.4) is 0 Å². The van der Waals surface area contributed by atoms with Gasteiger partial charge >= 0.3 is 25.2 Å². The fourth-order valence-corrected chi connectivity index (χ4v) is 5.48. The molecule has 7 N–H and O–H groups in total. The first-order chi connectivity index (χ1) is 18.8. The molecule has 2 aliphatic rings. The first kappa shape index (κ1) is 29.7. The molecule has 0 amide bonds. The zero-order valence-electron chi connectivity index (χ0n) is 20.2. The number of carboxylic acids is 1. The van der Waals surface area contributed by atoms with Crippen molar-refractivity contribution in [3.63, 3.8) is 0 Å². The van der Waals surface area contributed by atoms with Gasteiger partial charge in [0.1, 0.15) is 36.7 Å². The Morgan fingerprint density at radius 1 is 0.950 bits per heavy atom. The number of rotatable bonds is 10. The van der Waals surface area contributed by atoms with E-state index in [4.69, 9.17) is 18.5 Å². The van der Waals surface area contributed by atoms with Gasteiger partial charge in [-0.2, -0.15) is 0 Å². The Hall–Kier alpha value is -3.26. The molecule has 220 valence electrons. The van der Waals surface area contributed by atoms with Crippen LogP contribution in [0.2, 0.25) is 0 Å². The number of carboxylic acid groups (broad SMARTS) is 1. The van der Waals surface area contributed by atoms with E-state index in [1.54, 1.807) is 0 Å². The smallest absolute Gasteiger partial charge is 0.472 e. The normalized spacial score (nSPS) is 31.7. The van der Waals surface area contributed by atoms with Gasteiger partial charge < -0.3 is 34.8 Å². The van der Waals surface area contributed by atoms with E-state index < -0.39 is 105 Å². The summed E-state index contributed by atoms with van der Waals surface area (Å²) < 4.78 is 35.4. The minimum atomic E-state index is -5.14. The highest BCUT2D eigenvalue weighted by Gasteiger charge is 2.51. The first-order valence-corrected chi connectivity index (χ1v) is 13.1. The molecule has 0 radical (unpaired) electrons. The SMILES string of the molecule is O=C(O)C[C@@H]1[C@H](OP(=O)(O)OC[C@H]2O[C@@H](n3ccc(=O)[nH]c3=O)[C@H](O)[C@@H]2O)[C@@H](CO)O[C@H]1n1ccc(=O)[nH]c1=O. The summed E-state index contributed by atoms with van der Waals surface area (Å²) in [6, 6.07) is 1.92. The Bertz CT molecular complexity index is 1520. The number of hydrogen-bond donors (Lipinski definition) is 7. The maximum Gasteiger partial charge on any atom is 0.472 e. The third-order valence-corrected chi connectivity index (χ3v) is 7.29. The Morgan fingerprint density at radius 3 is 2.02 bits per heavy atom. The van der Waals surface area contributed by atoms with Crippen molar-refractivity contribution in [1.29, 1.82) is 0 Å². The highest BCUT2D eigenvalue weighted by atomic mass is 31.2. The van der Waals surface area contributed by atoms with E-state index in [0.29, 0.717) is 0 Å². The van der Waals surface area contributed by atoms with E-state index in [1.807, 2.05) is 9.97 Å². The Balaban J connectivity index is 1.50. The Labute approximate surface area is 221 Å². The fraction of sp³-hybridized carbons (Fsp3) is 0.550. The molecule has 9 atom stereocenters. The molecule has 2 aromatic rings. The number of phosphoric acid groups is 1. The van der Waals surface area contributed by atoms with Crippen molar-refractivity contribution in [2.75, 3.05) is 13.2 Å². The van der Waals surface area contributed by atoms with Crippen LogP contribution in [0.4, 0.5) is 0 Å². The van der Waals surface area contributed by atoms with Gasteiger partial charge in [0, 0.05) is 30.4 Å². The molecule has 0 bridgehead atoms. The Morgan fingerprint density at radius 2 is 1.50 bits per heavy atom. The average molecular weight is 592 g/mol. The van der Waals surface area contributed by atoms with Crippen LogP contribution in [0.25, 0.3) is 0 Å². The lowest BCUT2D eigenvalue weighted by molar-refractivity contribution is -0.139. The van der Waals surface area contributed by atoms with Crippen LogP contribution in [0.5, 0.6) is 0 Å². The molecule has 2 aromatic heterocycles. The largest absolute Gasteiger partial charge is 0.481 e. The Kier molecular flexibility index (Phi) is 8.69. The van der Waals surface area contributed by atoms with Gasteiger partial charge in [0.15, 0.2) is 6.23 Å². The van der Waals surface area contributed by atoms with Gasteiger partial charge in [-0.1, -0.05) is 0 Å². The summed E-state index contributed by atoms with van der Waals surface area (Å²) in [5.74, 6) is -2.74. The predicted molar refractivity (Wildman–Crippen MR) is 126 cm³/mol. The summed E-state index contributed by atoms with van der Waals surface area (Å²) in [6.07, 6.45) is -9.61. The van der Waals surface area contributed by atoms with Crippen LogP contribution in [0, 0.1) is 5.92 Å². The van der Waals surface area contributed by atoms with E-state index in [9.17, 15) is 53.9 Å². The number of aliphatic hydroxyl groups excluding tert-OH is 3. The molecule has 0 aliphatic carbocycles. The summed E-state index contributed by atoms with van der Waals surface area (Å²) >= 11 is 0. The van der Waals surface area contributed by atoms with Crippen LogP contribution in [0.15, 0.2) is 43.7 Å². The number of phosphoric ester groups is 1. The molecular weight excluding hydrogens is 567 g/mol. The van der Waals surface area contributed by atoms with Gasteiger partial charge in [-0.05, 0) is 0 Å². The molecular formula is C20H25N4O15P. The summed E-state index contributed by atoms with van der Waals surface area (Å²) in [6.45, 7) is -1.70. The van der Waals surface area contributed by atoms with Gasteiger partial charge in [0.25, 0.3) is 11.1 Å². The zero-order chi connectivity index (χ0) is 29.4. The highest BCUT2D eigenvalue weighted by molar-refractivity contribution is 7.47. The maximum atomic E-state index is 12.8. The molecule has 2 fully saturated rings. The van der Waals surface area contributed by atoms with E-state index in [-0.39, 0.29) is 0 Å². The maximum absolute atomic E-state index is 12.8. The number of aliphatic hydroxyl groups is 3. The van der Waals surface area contributed by atoms with Gasteiger partial charge in [-0.3, -0.25) is 42.5 Å². The molecule has 4 rings (SSSR count). The second-order valence-electron chi connectivity index (χ2n) is 8.92. The number of nitrogens with one attached hydrogen (secondary N) is 2. The molecule has 20 heteroatoms. The third kappa shape index (κ3) is 6.22. The van der Waals surface area contributed by atoms with Crippen LogP contribution in [-0.2, 0) is 27.9 Å². The van der Waals surface area contributed by atoms with Gasteiger partial charge in [0.2, 0.25) is 0 Å². The molecule has 0 aromatic carbocycles. The number of carbonyl (C=O) groups is 1. The minimum Gasteiger partial charge on any atom is -0.481 e. The standard InChI is InChI=1S/C20H25N4O15P/c25-6-9-16(8(5-13(28)29)17(37-9)23-3-1-11(26)21-19(23)32)39-40(34,35)36-7-10-14(30)15(31)18(38-10)24-4-2-12(27)22-20(24)33/h1-4,8-10,14-18,25,30-31H,5-7H2,(H,28,29)(H,34,35)(H,21,26,32)(H,22,27,33)/t8-,9-,10-,14-,15-,16+,17-,18-/m1/s1. The summed E-state index contributed by atoms with van der Waals surface area (Å²) in [7, 11) is -5.14. The summed E-state index contributed by atoms with van der Waals surface area (Å²) in [4.78, 5) is 72.8. The number of hydrogen-bond acceptors (Lipinski definition) is 13. The summed E-state index contributed by atoms with van der Waals surface area (Å²) in [5.41, 5.74) is -3.41. The van der Waals surface area contributed by atoms with E-state index in [2.05, 4.69) is 0 Å². The molecule has 4 heterocycles. The van der Waals surface area contributed by atoms with Crippen molar-refractivity contribution in [1.82, 2.24) is 19.1 Å². The van der Waals surface area contributed by atoms with Gasteiger partial charge in [-0.15, -0.1) is 0 Å². The summed E-state index contributed by atoms with van der Waals surface area (Å²) in [5, 5.41) is 39.8. The van der Waals surface area contributed by atoms with Crippen molar-refractivity contribution in [2.24, 2.45) is 5.92 Å². The average Bonchev–Trinajstić information content (AvgIpc) is 3.33. The van der Waals surface area contributed by atoms with Gasteiger partial charge in [0.05, 0.1) is 19.6 Å². The van der Waals surface area contributed by atoms with Crippen molar-refractivity contribution >= 4 is 13.8 Å². The van der Waals surface area contributed by atoms with Crippen LogP contribution < -0.4 is 22.5 Å². The number of ether oxygens (including phenoxy) is 2. The van der Waals surface area contributed by atoms with E-state index >= 15 is 0 Å².